The lowest BCUT2D eigenvalue weighted by Gasteiger charge is -2.46. The molecule has 1 heterocycles. The Kier molecular flexibility index (Phi) is 6.05. The van der Waals surface area contributed by atoms with Crippen molar-refractivity contribution in [3.05, 3.63) is 0 Å². The molecule has 0 aromatic heterocycles. The van der Waals surface area contributed by atoms with E-state index >= 15 is 0 Å². The second-order valence-electron chi connectivity index (χ2n) is 6.86. The number of hydrogen-bond acceptors (Lipinski definition) is 4. The van der Waals surface area contributed by atoms with Crippen molar-refractivity contribution in [2.45, 2.75) is 38.5 Å². The maximum Gasteiger partial charge on any atom is 0.211 e. The fraction of sp³-hybridized carbons (Fsp3) is 1.00. The predicted molar refractivity (Wildman–Crippen MR) is 84.8 cm³/mol. The van der Waals surface area contributed by atoms with Crippen LogP contribution in [0.5, 0.6) is 0 Å². The molecule has 1 atom stereocenters. The minimum absolute atomic E-state index is 0.402. The van der Waals surface area contributed by atoms with Crippen molar-refractivity contribution in [2.75, 3.05) is 46.2 Å². The van der Waals surface area contributed by atoms with Crippen molar-refractivity contribution in [3.63, 3.8) is 0 Å². The lowest BCUT2D eigenvalue weighted by atomic mass is 9.63. The van der Waals surface area contributed by atoms with Crippen LogP contribution in [-0.2, 0) is 14.8 Å². The molecule has 2 aliphatic rings. The molecule has 0 amide bonds. The topological polar surface area (TPSA) is 58.6 Å². The van der Waals surface area contributed by atoms with Gasteiger partial charge in [-0.05, 0) is 43.4 Å². The third-order valence-electron chi connectivity index (χ3n) is 5.07. The molecule has 1 aliphatic carbocycles. The molecular formula is C15H30N2O3S. The van der Waals surface area contributed by atoms with Gasteiger partial charge in [-0.3, -0.25) is 0 Å². The van der Waals surface area contributed by atoms with Crippen molar-refractivity contribution in [2.24, 2.45) is 11.3 Å². The molecule has 0 spiro atoms. The number of ether oxygens (including phenoxy) is 1. The Balaban J connectivity index is 1.83. The molecule has 6 heteroatoms. The quantitative estimate of drug-likeness (QED) is 0.688. The summed E-state index contributed by atoms with van der Waals surface area (Å²) in [6, 6.07) is 0. The van der Waals surface area contributed by atoms with Gasteiger partial charge < -0.3 is 10.1 Å². The highest BCUT2D eigenvalue weighted by molar-refractivity contribution is 7.88. The zero-order valence-corrected chi connectivity index (χ0v) is 14.3. The molecule has 1 saturated carbocycles. The molecule has 2 fully saturated rings. The van der Waals surface area contributed by atoms with E-state index in [1.165, 1.54) is 38.4 Å². The largest absolute Gasteiger partial charge is 0.383 e. The number of sulfonamides is 1. The molecule has 124 valence electrons. The van der Waals surface area contributed by atoms with Crippen molar-refractivity contribution < 1.29 is 13.2 Å². The summed E-state index contributed by atoms with van der Waals surface area (Å²) in [5.41, 5.74) is 0.402. The highest BCUT2D eigenvalue weighted by atomic mass is 32.2. The second-order valence-corrected chi connectivity index (χ2v) is 8.84. The monoisotopic (exact) mass is 318 g/mol. The van der Waals surface area contributed by atoms with Gasteiger partial charge in [-0.15, -0.1) is 0 Å². The molecule has 21 heavy (non-hydrogen) atoms. The Morgan fingerprint density at radius 3 is 2.67 bits per heavy atom. The van der Waals surface area contributed by atoms with Crippen LogP contribution in [0.25, 0.3) is 0 Å². The molecule has 0 aromatic carbocycles. The molecule has 1 aliphatic heterocycles. The molecule has 5 nitrogen and oxygen atoms in total. The minimum Gasteiger partial charge on any atom is -0.383 e. The molecule has 0 aromatic rings. The van der Waals surface area contributed by atoms with E-state index in [-0.39, 0.29) is 0 Å². The zero-order chi connectivity index (χ0) is 15.3. The van der Waals surface area contributed by atoms with Gasteiger partial charge in [0.25, 0.3) is 0 Å². The van der Waals surface area contributed by atoms with E-state index in [1.807, 2.05) is 0 Å². The Hall–Kier alpha value is -0.170. The first kappa shape index (κ1) is 17.2. The molecule has 2 rings (SSSR count). The first-order chi connectivity index (χ1) is 9.95. The fourth-order valence-corrected chi connectivity index (χ4v) is 4.71. The lowest BCUT2D eigenvalue weighted by molar-refractivity contribution is 0.0722. The van der Waals surface area contributed by atoms with E-state index in [0.29, 0.717) is 17.9 Å². The van der Waals surface area contributed by atoms with Crippen LogP contribution in [0.1, 0.15) is 38.5 Å². The van der Waals surface area contributed by atoms with Crippen molar-refractivity contribution >= 4 is 10.0 Å². The van der Waals surface area contributed by atoms with Gasteiger partial charge in [-0.1, -0.05) is 6.42 Å². The highest BCUT2D eigenvalue weighted by Crippen LogP contribution is 2.46. The van der Waals surface area contributed by atoms with E-state index in [1.54, 1.807) is 11.4 Å². The third kappa shape index (κ3) is 4.91. The van der Waals surface area contributed by atoms with Gasteiger partial charge in [-0.25, -0.2) is 12.7 Å². The summed E-state index contributed by atoms with van der Waals surface area (Å²) in [7, 11) is -1.30. The van der Waals surface area contributed by atoms with Crippen molar-refractivity contribution in [3.8, 4) is 0 Å². The van der Waals surface area contributed by atoms with E-state index in [4.69, 9.17) is 4.74 Å². The predicted octanol–water partition coefficient (Wildman–Crippen LogP) is 1.45. The van der Waals surface area contributed by atoms with Crippen LogP contribution >= 0.6 is 0 Å². The standard InChI is InChI=1S/C15H30N2O3S/c1-20-10-8-16-13-15(6-4-7-15)11-14-5-3-9-17(12-14)21(2,18)19/h14,16H,3-13H2,1-2H3. The van der Waals surface area contributed by atoms with Crippen LogP contribution in [0.3, 0.4) is 0 Å². The number of nitrogens with one attached hydrogen (secondary N) is 1. The van der Waals surface area contributed by atoms with Gasteiger partial charge in [-0.2, -0.15) is 0 Å². The zero-order valence-electron chi connectivity index (χ0n) is 13.4. The van der Waals surface area contributed by atoms with Crippen LogP contribution in [-0.4, -0.2) is 58.9 Å². The van der Waals surface area contributed by atoms with Gasteiger partial charge in [0, 0.05) is 33.3 Å². The SMILES string of the molecule is COCCNCC1(CC2CCCN(S(C)(=O)=O)C2)CCC1. The summed E-state index contributed by atoms with van der Waals surface area (Å²) in [5.74, 6) is 0.526. The Labute approximate surface area is 129 Å². The van der Waals surface area contributed by atoms with Gasteiger partial charge in [0.1, 0.15) is 0 Å². The lowest BCUT2D eigenvalue weighted by Crippen LogP contribution is -2.46. The molecular weight excluding hydrogens is 288 g/mol. The van der Waals surface area contributed by atoms with Gasteiger partial charge >= 0.3 is 0 Å². The summed E-state index contributed by atoms with van der Waals surface area (Å²) >= 11 is 0. The molecule has 1 unspecified atom stereocenters. The van der Waals surface area contributed by atoms with Crippen LogP contribution in [0, 0.1) is 11.3 Å². The maximum absolute atomic E-state index is 11.7. The molecule has 1 saturated heterocycles. The van der Waals surface area contributed by atoms with Crippen molar-refractivity contribution in [1.29, 1.82) is 0 Å². The number of hydrogen-bond donors (Lipinski definition) is 1. The Bertz CT molecular complexity index is 421. The summed E-state index contributed by atoms with van der Waals surface area (Å²) in [4.78, 5) is 0. The number of methoxy groups -OCH3 is 1. The summed E-state index contributed by atoms with van der Waals surface area (Å²) < 4.78 is 30.2. The third-order valence-corrected chi connectivity index (χ3v) is 6.34. The Morgan fingerprint density at radius 2 is 2.10 bits per heavy atom. The Morgan fingerprint density at radius 1 is 1.33 bits per heavy atom. The highest BCUT2D eigenvalue weighted by Gasteiger charge is 2.39. The number of rotatable bonds is 8. The van der Waals surface area contributed by atoms with E-state index < -0.39 is 10.0 Å². The fourth-order valence-electron chi connectivity index (χ4n) is 3.76. The molecule has 0 radical (unpaired) electrons. The van der Waals surface area contributed by atoms with Crippen LogP contribution in [0.4, 0.5) is 0 Å². The average molecular weight is 318 g/mol. The summed E-state index contributed by atoms with van der Waals surface area (Å²) in [5, 5.41) is 3.50. The van der Waals surface area contributed by atoms with Crippen LogP contribution in [0.15, 0.2) is 0 Å². The van der Waals surface area contributed by atoms with Gasteiger partial charge in [0.05, 0.1) is 12.9 Å². The number of piperidine rings is 1. The van der Waals surface area contributed by atoms with Gasteiger partial charge in [0.15, 0.2) is 0 Å². The van der Waals surface area contributed by atoms with E-state index in [2.05, 4.69) is 5.32 Å². The normalized spacial score (nSPS) is 26.5. The summed E-state index contributed by atoms with van der Waals surface area (Å²) in [6.45, 7) is 4.12. The van der Waals surface area contributed by atoms with Gasteiger partial charge in [0.2, 0.25) is 10.0 Å². The first-order valence-electron chi connectivity index (χ1n) is 8.10. The number of nitrogens with zero attached hydrogens (tertiary/aromatic N) is 1. The maximum atomic E-state index is 11.7. The van der Waals surface area contributed by atoms with Crippen molar-refractivity contribution in [1.82, 2.24) is 9.62 Å². The van der Waals surface area contributed by atoms with Crippen LogP contribution < -0.4 is 5.32 Å². The second kappa shape index (κ2) is 7.40. The molecule has 0 bridgehead atoms. The smallest absolute Gasteiger partial charge is 0.211 e. The van der Waals surface area contributed by atoms with Crippen LogP contribution in [0.2, 0.25) is 0 Å². The minimum atomic E-state index is -3.03. The van der Waals surface area contributed by atoms with E-state index in [9.17, 15) is 8.42 Å². The molecule has 1 N–H and O–H groups in total. The summed E-state index contributed by atoms with van der Waals surface area (Å²) in [6.07, 6.45) is 8.55. The van der Waals surface area contributed by atoms with E-state index in [0.717, 1.165) is 32.7 Å². The first-order valence-corrected chi connectivity index (χ1v) is 9.95. The average Bonchev–Trinajstić information content (AvgIpc) is 2.40.